The van der Waals surface area contributed by atoms with Crippen molar-refractivity contribution >= 4 is 5.97 Å². The first kappa shape index (κ1) is 13.6. The van der Waals surface area contributed by atoms with E-state index in [0.29, 0.717) is 6.54 Å². The number of nitrogens with zero attached hydrogens (tertiary/aromatic N) is 1. The summed E-state index contributed by atoms with van der Waals surface area (Å²) in [5, 5.41) is 3.19. The summed E-state index contributed by atoms with van der Waals surface area (Å²) in [4.78, 5) is 15.8. The topological polar surface area (TPSA) is 51.2 Å². The van der Waals surface area contributed by atoms with Crippen LogP contribution >= 0.6 is 0 Å². The molecule has 1 N–H and O–H groups in total. The van der Waals surface area contributed by atoms with Gasteiger partial charge in [-0.05, 0) is 24.5 Å². The van der Waals surface area contributed by atoms with Crippen LogP contribution in [0.1, 0.15) is 25.1 Å². The fourth-order valence-corrected chi connectivity index (χ4v) is 1.63. The van der Waals surface area contributed by atoms with E-state index in [-0.39, 0.29) is 17.9 Å². The molecule has 0 saturated carbocycles. The van der Waals surface area contributed by atoms with Crippen LogP contribution in [0.25, 0.3) is 0 Å². The van der Waals surface area contributed by atoms with Crippen LogP contribution in [0, 0.1) is 12.8 Å². The maximum absolute atomic E-state index is 11.6. The van der Waals surface area contributed by atoms with Crippen LogP contribution in [0.5, 0.6) is 0 Å². The smallest absolute Gasteiger partial charge is 0.323 e. The van der Waals surface area contributed by atoms with Crippen LogP contribution in [0.3, 0.4) is 0 Å². The predicted octanol–water partition coefficient (Wildman–Crippen LogP) is 1.68. The summed E-state index contributed by atoms with van der Waals surface area (Å²) in [5.74, 6) is -0.0416. The minimum atomic E-state index is -0.290. The minimum absolute atomic E-state index is 0.187. The molecule has 0 aromatic carbocycles. The molecule has 94 valence electrons. The van der Waals surface area contributed by atoms with Gasteiger partial charge in [0.1, 0.15) is 6.04 Å². The molecule has 4 nitrogen and oxygen atoms in total. The fraction of sp³-hybridized carbons (Fsp3) is 0.538. The van der Waals surface area contributed by atoms with E-state index in [4.69, 9.17) is 4.74 Å². The molecule has 0 radical (unpaired) electrons. The number of hydrogen-bond acceptors (Lipinski definition) is 4. The second-order valence-corrected chi connectivity index (χ2v) is 4.39. The van der Waals surface area contributed by atoms with Crippen molar-refractivity contribution < 1.29 is 9.53 Å². The molecule has 0 saturated heterocycles. The molecule has 1 heterocycles. The number of aryl methyl sites for hydroxylation is 1. The lowest BCUT2D eigenvalue weighted by Crippen LogP contribution is -2.41. The number of carbonyl (C=O) groups excluding carboxylic acids is 1. The Hall–Kier alpha value is -1.42. The number of hydrogen-bond donors (Lipinski definition) is 1. The maximum Gasteiger partial charge on any atom is 0.323 e. The summed E-state index contributed by atoms with van der Waals surface area (Å²) >= 11 is 0. The van der Waals surface area contributed by atoms with Gasteiger partial charge in [-0.3, -0.25) is 15.1 Å². The second-order valence-electron chi connectivity index (χ2n) is 4.39. The number of aromatic nitrogens is 1. The number of methoxy groups -OCH3 is 1. The predicted molar refractivity (Wildman–Crippen MR) is 66.5 cm³/mol. The molecule has 1 unspecified atom stereocenters. The molecule has 0 amide bonds. The third kappa shape index (κ3) is 3.82. The quantitative estimate of drug-likeness (QED) is 0.790. The molecule has 1 aromatic rings. The lowest BCUT2D eigenvalue weighted by molar-refractivity contribution is -0.144. The number of rotatable bonds is 5. The van der Waals surface area contributed by atoms with Gasteiger partial charge < -0.3 is 4.74 Å². The van der Waals surface area contributed by atoms with Crippen molar-refractivity contribution in [3.8, 4) is 0 Å². The van der Waals surface area contributed by atoms with E-state index in [2.05, 4.69) is 10.3 Å². The SMILES string of the molecule is COC(=O)C(NCc1ncccc1C)C(C)C. The summed E-state index contributed by atoms with van der Waals surface area (Å²) in [5.41, 5.74) is 2.08. The van der Waals surface area contributed by atoms with E-state index in [1.54, 1.807) is 6.20 Å². The highest BCUT2D eigenvalue weighted by atomic mass is 16.5. The van der Waals surface area contributed by atoms with Gasteiger partial charge >= 0.3 is 5.97 Å². The van der Waals surface area contributed by atoms with E-state index in [9.17, 15) is 4.79 Å². The normalized spacial score (nSPS) is 12.5. The Morgan fingerprint density at radius 3 is 2.76 bits per heavy atom. The van der Waals surface area contributed by atoms with E-state index in [1.165, 1.54) is 7.11 Å². The molecular weight excluding hydrogens is 216 g/mol. The number of ether oxygens (including phenoxy) is 1. The summed E-state index contributed by atoms with van der Waals surface area (Å²) < 4.78 is 4.77. The molecule has 1 aromatic heterocycles. The summed E-state index contributed by atoms with van der Waals surface area (Å²) in [6, 6.07) is 3.62. The molecule has 17 heavy (non-hydrogen) atoms. The molecule has 0 aliphatic carbocycles. The van der Waals surface area contributed by atoms with Gasteiger partial charge in [0, 0.05) is 12.7 Å². The van der Waals surface area contributed by atoms with Crippen LogP contribution in [-0.4, -0.2) is 24.1 Å². The third-order valence-corrected chi connectivity index (χ3v) is 2.73. The van der Waals surface area contributed by atoms with E-state index >= 15 is 0 Å². The standard InChI is InChI=1S/C13H20N2O2/c1-9(2)12(13(16)17-4)15-8-11-10(3)6-5-7-14-11/h5-7,9,12,15H,8H2,1-4H3. The van der Waals surface area contributed by atoms with Crippen molar-refractivity contribution in [2.24, 2.45) is 5.92 Å². The van der Waals surface area contributed by atoms with Crippen LogP contribution in [0.4, 0.5) is 0 Å². The first-order chi connectivity index (χ1) is 8.06. The van der Waals surface area contributed by atoms with Crippen molar-refractivity contribution in [3.05, 3.63) is 29.6 Å². The molecular formula is C13H20N2O2. The van der Waals surface area contributed by atoms with Crippen LogP contribution in [-0.2, 0) is 16.1 Å². The van der Waals surface area contributed by atoms with Gasteiger partial charge in [0.05, 0.1) is 12.8 Å². The Kier molecular flexibility index (Phi) is 5.10. The zero-order valence-electron chi connectivity index (χ0n) is 10.9. The van der Waals surface area contributed by atoms with Crippen molar-refractivity contribution in [1.82, 2.24) is 10.3 Å². The Morgan fingerprint density at radius 1 is 1.53 bits per heavy atom. The third-order valence-electron chi connectivity index (χ3n) is 2.73. The van der Waals surface area contributed by atoms with Crippen molar-refractivity contribution in [3.63, 3.8) is 0 Å². The number of pyridine rings is 1. The van der Waals surface area contributed by atoms with E-state index in [0.717, 1.165) is 11.3 Å². The molecule has 0 spiro atoms. The Labute approximate surface area is 102 Å². The summed E-state index contributed by atoms with van der Waals surface area (Å²) in [7, 11) is 1.41. The molecule has 0 bridgehead atoms. The molecule has 1 rings (SSSR count). The largest absolute Gasteiger partial charge is 0.468 e. The summed E-state index contributed by atoms with van der Waals surface area (Å²) in [6.07, 6.45) is 1.76. The highest BCUT2D eigenvalue weighted by Crippen LogP contribution is 2.07. The second kappa shape index (κ2) is 6.35. The van der Waals surface area contributed by atoms with Gasteiger partial charge in [-0.1, -0.05) is 19.9 Å². The molecule has 4 heteroatoms. The highest BCUT2D eigenvalue weighted by molar-refractivity contribution is 5.75. The van der Waals surface area contributed by atoms with E-state index < -0.39 is 0 Å². The summed E-state index contributed by atoms with van der Waals surface area (Å²) in [6.45, 7) is 6.55. The maximum atomic E-state index is 11.6. The fourth-order valence-electron chi connectivity index (χ4n) is 1.63. The molecule has 0 aliphatic heterocycles. The highest BCUT2D eigenvalue weighted by Gasteiger charge is 2.22. The monoisotopic (exact) mass is 236 g/mol. The molecule has 0 fully saturated rings. The van der Waals surface area contributed by atoms with Crippen molar-refractivity contribution in [1.29, 1.82) is 0 Å². The van der Waals surface area contributed by atoms with Crippen molar-refractivity contribution in [2.45, 2.75) is 33.4 Å². The zero-order chi connectivity index (χ0) is 12.8. The first-order valence-corrected chi connectivity index (χ1v) is 5.78. The average molecular weight is 236 g/mol. The average Bonchev–Trinajstić information content (AvgIpc) is 2.30. The molecule has 0 aliphatic rings. The minimum Gasteiger partial charge on any atom is -0.468 e. The number of esters is 1. The first-order valence-electron chi connectivity index (χ1n) is 5.78. The van der Waals surface area contributed by atoms with Crippen LogP contribution in [0.15, 0.2) is 18.3 Å². The van der Waals surface area contributed by atoms with Gasteiger partial charge in [0.15, 0.2) is 0 Å². The van der Waals surface area contributed by atoms with Crippen LogP contribution < -0.4 is 5.32 Å². The number of nitrogens with one attached hydrogen (secondary N) is 1. The van der Waals surface area contributed by atoms with Crippen molar-refractivity contribution in [2.75, 3.05) is 7.11 Å². The van der Waals surface area contributed by atoms with Crippen LogP contribution in [0.2, 0.25) is 0 Å². The zero-order valence-corrected chi connectivity index (χ0v) is 10.9. The van der Waals surface area contributed by atoms with Gasteiger partial charge in [0.2, 0.25) is 0 Å². The Balaban J connectivity index is 2.64. The number of carbonyl (C=O) groups is 1. The molecule has 1 atom stereocenters. The Morgan fingerprint density at radius 2 is 2.24 bits per heavy atom. The van der Waals surface area contributed by atoms with Gasteiger partial charge in [-0.25, -0.2) is 0 Å². The van der Waals surface area contributed by atoms with E-state index in [1.807, 2.05) is 32.9 Å². The lowest BCUT2D eigenvalue weighted by atomic mass is 10.0. The Bertz CT molecular complexity index is 377. The van der Waals surface area contributed by atoms with Gasteiger partial charge in [-0.15, -0.1) is 0 Å². The lowest BCUT2D eigenvalue weighted by Gasteiger charge is -2.19. The van der Waals surface area contributed by atoms with Gasteiger partial charge in [0.25, 0.3) is 0 Å². The van der Waals surface area contributed by atoms with Gasteiger partial charge in [-0.2, -0.15) is 0 Å².